The van der Waals surface area contributed by atoms with E-state index in [1.165, 1.54) is 29.3 Å². The number of amides is 1. The predicted octanol–water partition coefficient (Wildman–Crippen LogP) is 2.75. The highest BCUT2D eigenvalue weighted by molar-refractivity contribution is 7.89. The van der Waals surface area contributed by atoms with Crippen LogP contribution in [-0.4, -0.2) is 62.3 Å². The Hall–Kier alpha value is -0.860. The highest BCUT2D eigenvalue weighted by Crippen LogP contribution is 2.31. The van der Waals surface area contributed by atoms with Gasteiger partial charge in [-0.25, -0.2) is 8.42 Å². The molecule has 1 aliphatic carbocycles. The summed E-state index contributed by atoms with van der Waals surface area (Å²) in [6.07, 6.45) is 4.98. The molecular formula is C18H25Cl2N3O3S. The standard InChI is InChI=1S/C18H25Cl2N3O3S/c19-15-6-3-7-16(20)18(15)27(25,26)23-12-10-22(11-13-23)9-8-17(24)21-14-4-1-2-5-14/h3,6-7,14H,1-2,4-5,8-13H2,(H,21,24). The first-order chi connectivity index (χ1) is 12.9. The quantitative estimate of drug-likeness (QED) is 0.748. The number of halogens is 2. The number of nitrogens with one attached hydrogen (secondary N) is 1. The lowest BCUT2D eigenvalue weighted by atomic mass is 10.2. The largest absolute Gasteiger partial charge is 0.353 e. The number of hydrogen-bond donors (Lipinski definition) is 1. The van der Waals surface area contributed by atoms with Gasteiger partial charge in [0.1, 0.15) is 4.90 Å². The van der Waals surface area contributed by atoms with E-state index >= 15 is 0 Å². The van der Waals surface area contributed by atoms with Gasteiger partial charge in [-0.2, -0.15) is 4.31 Å². The third-order valence-electron chi connectivity index (χ3n) is 5.22. The van der Waals surface area contributed by atoms with Crippen LogP contribution in [0, 0.1) is 0 Å². The molecule has 150 valence electrons. The molecule has 0 atom stereocenters. The Kier molecular flexibility index (Phi) is 7.03. The second-order valence-corrected chi connectivity index (χ2v) is 9.78. The maximum absolute atomic E-state index is 12.9. The van der Waals surface area contributed by atoms with Crippen LogP contribution in [0.3, 0.4) is 0 Å². The van der Waals surface area contributed by atoms with E-state index in [-0.39, 0.29) is 20.8 Å². The lowest BCUT2D eigenvalue weighted by Gasteiger charge is -2.34. The molecule has 1 N–H and O–H groups in total. The molecule has 27 heavy (non-hydrogen) atoms. The summed E-state index contributed by atoms with van der Waals surface area (Å²) in [6, 6.07) is 5.01. The van der Waals surface area contributed by atoms with Crippen LogP contribution >= 0.6 is 23.2 Å². The fourth-order valence-electron chi connectivity index (χ4n) is 3.68. The van der Waals surface area contributed by atoms with Crippen LogP contribution in [0.2, 0.25) is 10.0 Å². The maximum Gasteiger partial charge on any atom is 0.246 e. The highest BCUT2D eigenvalue weighted by Gasteiger charge is 2.31. The van der Waals surface area contributed by atoms with Crippen molar-refractivity contribution in [3.8, 4) is 0 Å². The Morgan fingerprint density at radius 2 is 1.67 bits per heavy atom. The number of piperazine rings is 1. The molecule has 2 aliphatic rings. The SMILES string of the molecule is O=C(CCN1CCN(S(=O)(=O)c2c(Cl)cccc2Cl)CC1)NC1CCCC1. The minimum atomic E-state index is -3.73. The van der Waals surface area contributed by atoms with Crippen molar-refractivity contribution >= 4 is 39.1 Å². The first-order valence-corrected chi connectivity index (χ1v) is 11.5. The second-order valence-electron chi connectivity index (χ2n) is 7.10. The highest BCUT2D eigenvalue weighted by atomic mass is 35.5. The molecule has 3 rings (SSSR count). The molecule has 0 radical (unpaired) electrons. The normalized spacial score (nSPS) is 20.1. The van der Waals surface area contributed by atoms with Gasteiger partial charge in [0.2, 0.25) is 15.9 Å². The smallest absolute Gasteiger partial charge is 0.246 e. The van der Waals surface area contributed by atoms with Gasteiger partial charge >= 0.3 is 0 Å². The van der Waals surface area contributed by atoms with Crippen molar-refractivity contribution in [2.24, 2.45) is 0 Å². The molecular weight excluding hydrogens is 409 g/mol. The van der Waals surface area contributed by atoms with E-state index < -0.39 is 10.0 Å². The van der Waals surface area contributed by atoms with Crippen LogP contribution in [-0.2, 0) is 14.8 Å². The topological polar surface area (TPSA) is 69.7 Å². The van der Waals surface area contributed by atoms with E-state index in [4.69, 9.17) is 23.2 Å². The van der Waals surface area contributed by atoms with E-state index in [1.807, 2.05) is 0 Å². The molecule has 0 bridgehead atoms. The van der Waals surface area contributed by atoms with Crippen LogP contribution < -0.4 is 5.32 Å². The Bertz CT molecular complexity index is 754. The summed E-state index contributed by atoms with van der Waals surface area (Å²) in [5.74, 6) is 0.0831. The van der Waals surface area contributed by atoms with E-state index in [0.717, 1.165) is 12.8 Å². The zero-order valence-electron chi connectivity index (χ0n) is 15.2. The zero-order chi connectivity index (χ0) is 19.4. The van der Waals surface area contributed by atoms with Crippen molar-refractivity contribution in [1.29, 1.82) is 0 Å². The van der Waals surface area contributed by atoms with Crippen LogP contribution in [0.5, 0.6) is 0 Å². The molecule has 0 unspecified atom stereocenters. The van der Waals surface area contributed by atoms with E-state index in [0.29, 0.717) is 45.2 Å². The van der Waals surface area contributed by atoms with Crippen LogP contribution in [0.1, 0.15) is 32.1 Å². The van der Waals surface area contributed by atoms with E-state index in [9.17, 15) is 13.2 Å². The number of carbonyl (C=O) groups is 1. The van der Waals surface area contributed by atoms with Gasteiger partial charge < -0.3 is 10.2 Å². The number of nitrogens with zero attached hydrogens (tertiary/aromatic N) is 2. The van der Waals surface area contributed by atoms with Gasteiger partial charge in [-0.05, 0) is 25.0 Å². The molecule has 0 spiro atoms. The number of rotatable bonds is 6. The van der Waals surface area contributed by atoms with Gasteiger partial charge in [-0.3, -0.25) is 4.79 Å². The molecule has 1 aromatic rings. The number of benzene rings is 1. The summed E-state index contributed by atoms with van der Waals surface area (Å²) in [6.45, 7) is 2.51. The third kappa shape index (κ3) is 5.15. The maximum atomic E-state index is 12.9. The van der Waals surface area contributed by atoms with E-state index in [2.05, 4.69) is 10.2 Å². The summed E-state index contributed by atoms with van der Waals surface area (Å²) in [7, 11) is -3.73. The molecule has 1 aromatic carbocycles. The first-order valence-electron chi connectivity index (χ1n) is 9.34. The average molecular weight is 434 g/mol. The first kappa shape index (κ1) is 20.9. The Morgan fingerprint density at radius 1 is 1.07 bits per heavy atom. The molecule has 9 heteroatoms. The summed E-state index contributed by atoms with van der Waals surface area (Å²) in [5.41, 5.74) is 0. The predicted molar refractivity (Wildman–Crippen MR) is 107 cm³/mol. The minimum Gasteiger partial charge on any atom is -0.353 e. The van der Waals surface area contributed by atoms with Crippen molar-refractivity contribution < 1.29 is 13.2 Å². The molecule has 2 fully saturated rings. The Balaban J connectivity index is 1.50. The van der Waals surface area contributed by atoms with Gasteiger partial charge in [-0.1, -0.05) is 42.1 Å². The lowest BCUT2D eigenvalue weighted by Crippen LogP contribution is -2.49. The van der Waals surface area contributed by atoms with Crippen molar-refractivity contribution in [2.45, 2.75) is 43.0 Å². The molecule has 1 saturated heterocycles. The van der Waals surface area contributed by atoms with Gasteiger partial charge in [0, 0.05) is 45.2 Å². The molecule has 0 aromatic heterocycles. The number of hydrogen-bond acceptors (Lipinski definition) is 4. The Labute approximate surface area is 170 Å². The second kappa shape index (κ2) is 9.09. The van der Waals surface area contributed by atoms with E-state index in [1.54, 1.807) is 6.07 Å². The van der Waals surface area contributed by atoms with Crippen molar-refractivity contribution in [3.63, 3.8) is 0 Å². The summed E-state index contributed by atoms with van der Waals surface area (Å²) in [5, 5.41) is 3.35. The fourth-order valence-corrected chi connectivity index (χ4v) is 6.19. The molecule has 1 amide bonds. The molecule has 1 saturated carbocycles. The minimum absolute atomic E-state index is 0.0299. The molecule has 6 nitrogen and oxygen atoms in total. The van der Waals surface area contributed by atoms with Gasteiger partial charge in [0.25, 0.3) is 0 Å². The third-order valence-corrected chi connectivity index (χ3v) is 8.08. The van der Waals surface area contributed by atoms with Crippen LogP contribution in [0.4, 0.5) is 0 Å². The summed E-state index contributed by atoms with van der Waals surface area (Å²) < 4.78 is 27.2. The van der Waals surface area contributed by atoms with Gasteiger partial charge in [0.05, 0.1) is 10.0 Å². The summed E-state index contributed by atoms with van der Waals surface area (Å²) in [4.78, 5) is 14.1. The molecule has 1 heterocycles. The lowest BCUT2D eigenvalue weighted by molar-refractivity contribution is -0.122. The monoisotopic (exact) mass is 433 g/mol. The fraction of sp³-hybridized carbons (Fsp3) is 0.611. The van der Waals surface area contributed by atoms with Gasteiger partial charge in [0.15, 0.2) is 0 Å². The van der Waals surface area contributed by atoms with Crippen LogP contribution in [0.25, 0.3) is 0 Å². The zero-order valence-corrected chi connectivity index (χ0v) is 17.5. The molecule has 1 aliphatic heterocycles. The van der Waals surface area contributed by atoms with Crippen LogP contribution in [0.15, 0.2) is 23.1 Å². The summed E-state index contributed by atoms with van der Waals surface area (Å²) >= 11 is 12.1. The van der Waals surface area contributed by atoms with Gasteiger partial charge in [-0.15, -0.1) is 0 Å². The Morgan fingerprint density at radius 3 is 2.26 bits per heavy atom. The average Bonchev–Trinajstić information content (AvgIpc) is 3.13. The van der Waals surface area contributed by atoms with Crippen molar-refractivity contribution in [2.75, 3.05) is 32.7 Å². The number of sulfonamides is 1. The van der Waals surface area contributed by atoms with Crippen molar-refractivity contribution in [3.05, 3.63) is 28.2 Å². The van der Waals surface area contributed by atoms with Crippen molar-refractivity contribution in [1.82, 2.24) is 14.5 Å². The number of carbonyl (C=O) groups excluding carboxylic acids is 1.